The molecule has 0 saturated carbocycles. The van der Waals surface area contributed by atoms with Crippen molar-refractivity contribution in [3.05, 3.63) is 40.6 Å². The van der Waals surface area contributed by atoms with Crippen LogP contribution in [0.2, 0.25) is 0 Å². The Bertz CT molecular complexity index is 878. The van der Waals surface area contributed by atoms with Gasteiger partial charge in [0.1, 0.15) is 11.9 Å². The van der Waals surface area contributed by atoms with Crippen LogP contribution in [0.1, 0.15) is 23.2 Å². The maximum absolute atomic E-state index is 13.0. The normalized spacial score (nSPS) is 22.1. The van der Waals surface area contributed by atoms with E-state index in [4.69, 9.17) is 10.5 Å². The zero-order chi connectivity index (χ0) is 20.4. The van der Waals surface area contributed by atoms with Crippen LogP contribution in [0.5, 0.6) is 5.75 Å². The summed E-state index contributed by atoms with van der Waals surface area (Å²) in [7, 11) is 2.07. The molecule has 8 nitrogen and oxygen atoms in total. The molecule has 0 radical (unpaired) electrons. The van der Waals surface area contributed by atoms with Crippen LogP contribution in [0.4, 0.5) is 11.6 Å². The quantitative estimate of drug-likeness (QED) is 0.660. The molecule has 3 N–H and O–H groups in total. The monoisotopic (exact) mass is 460 g/mol. The molecule has 4 rings (SSSR count). The van der Waals surface area contributed by atoms with Gasteiger partial charge in [0.15, 0.2) is 0 Å². The van der Waals surface area contributed by atoms with Crippen molar-refractivity contribution < 1.29 is 9.53 Å². The smallest absolute Gasteiger partial charge is 0.254 e. The number of hydrogen-bond donors (Lipinski definition) is 2. The van der Waals surface area contributed by atoms with E-state index in [-0.39, 0.29) is 18.1 Å². The highest BCUT2D eigenvalue weighted by Crippen LogP contribution is 2.27. The minimum absolute atomic E-state index is 0.0144. The van der Waals surface area contributed by atoms with Crippen molar-refractivity contribution in [3.8, 4) is 5.75 Å². The predicted octanol–water partition coefficient (Wildman–Crippen LogP) is 2.23. The molecule has 154 valence electrons. The standard InChI is InChI=1S/C20H25BrN6O2/c1-26-6-5-16(12-26)29-18-8-13(2-3-17(18)22)19(28)27-7-4-15(11-27)25-20-23-9-14(21)10-24-20/h2-3,8-10,15-16H,4-7,11-12,22H2,1H3,(H,23,24,25)/t15-,16+/m1/s1. The largest absolute Gasteiger partial charge is 0.487 e. The van der Waals surface area contributed by atoms with Crippen LogP contribution in [0.3, 0.4) is 0 Å². The highest BCUT2D eigenvalue weighted by Gasteiger charge is 2.28. The Morgan fingerprint density at radius 3 is 2.76 bits per heavy atom. The molecule has 0 aliphatic carbocycles. The van der Waals surface area contributed by atoms with Gasteiger partial charge in [-0.25, -0.2) is 9.97 Å². The number of nitrogens with two attached hydrogens (primary N) is 1. The maximum Gasteiger partial charge on any atom is 0.254 e. The molecule has 1 aromatic carbocycles. The van der Waals surface area contributed by atoms with Crippen LogP contribution in [0, 0.1) is 0 Å². The van der Waals surface area contributed by atoms with Crippen LogP contribution < -0.4 is 15.8 Å². The van der Waals surface area contributed by atoms with Gasteiger partial charge in [-0.1, -0.05) is 0 Å². The Morgan fingerprint density at radius 2 is 2.03 bits per heavy atom. The first-order valence-electron chi connectivity index (χ1n) is 9.76. The van der Waals surface area contributed by atoms with Crippen molar-refractivity contribution in [2.75, 3.05) is 44.3 Å². The second kappa shape index (κ2) is 8.54. The Balaban J connectivity index is 1.39. The van der Waals surface area contributed by atoms with Gasteiger partial charge in [-0.3, -0.25) is 4.79 Å². The first kappa shape index (κ1) is 19.9. The third-order valence-corrected chi connectivity index (χ3v) is 5.74. The zero-order valence-electron chi connectivity index (χ0n) is 16.3. The van der Waals surface area contributed by atoms with Gasteiger partial charge >= 0.3 is 0 Å². The summed E-state index contributed by atoms with van der Waals surface area (Å²) in [6.07, 6.45) is 5.32. The minimum atomic E-state index is -0.0144. The number of amides is 1. The van der Waals surface area contributed by atoms with Crippen molar-refractivity contribution >= 4 is 33.5 Å². The molecule has 2 atom stereocenters. The minimum Gasteiger partial charge on any atom is -0.487 e. The Hall–Kier alpha value is -2.39. The number of ether oxygens (including phenoxy) is 1. The summed E-state index contributed by atoms with van der Waals surface area (Å²) in [5.74, 6) is 1.14. The fourth-order valence-electron chi connectivity index (χ4n) is 3.75. The lowest BCUT2D eigenvalue weighted by Gasteiger charge is -2.19. The summed E-state index contributed by atoms with van der Waals surface area (Å²) < 4.78 is 6.90. The lowest BCUT2D eigenvalue weighted by molar-refractivity contribution is 0.0791. The van der Waals surface area contributed by atoms with Crippen LogP contribution in [0.15, 0.2) is 35.1 Å². The molecule has 9 heteroatoms. The summed E-state index contributed by atoms with van der Waals surface area (Å²) in [4.78, 5) is 25.5. The van der Waals surface area contributed by atoms with Gasteiger partial charge in [-0.2, -0.15) is 0 Å². The summed E-state index contributed by atoms with van der Waals surface area (Å²) in [5, 5.41) is 3.29. The molecule has 2 saturated heterocycles. The van der Waals surface area contributed by atoms with E-state index in [1.165, 1.54) is 0 Å². The topological polar surface area (TPSA) is 96.6 Å². The van der Waals surface area contributed by atoms with Gasteiger partial charge in [0.05, 0.1) is 10.2 Å². The highest BCUT2D eigenvalue weighted by molar-refractivity contribution is 9.10. The SMILES string of the molecule is CN1CC[C@H](Oc2cc(C(=O)N3CC[C@@H](Nc4ncc(Br)cn4)C3)ccc2N)C1. The van der Waals surface area contributed by atoms with Crippen LogP contribution in [-0.4, -0.2) is 71.0 Å². The summed E-state index contributed by atoms with van der Waals surface area (Å²) >= 11 is 3.33. The number of rotatable bonds is 5. The molecular formula is C20H25BrN6O2. The molecule has 2 aliphatic heterocycles. The summed E-state index contributed by atoms with van der Waals surface area (Å²) in [5.41, 5.74) is 7.24. The molecule has 2 aromatic rings. The van der Waals surface area contributed by atoms with Gasteiger partial charge in [-0.05, 0) is 54.0 Å². The van der Waals surface area contributed by atoms with Crippen molar-refractivity contribution in [1.29, 1.82) is 0 Å². The molecule has 0 spiro atoms. The molecule has 0 bridgehead atoms. The molecule has 0 unspecified atom stereocenters. The number of hydrogen-bond acceptors (Lipinski definition) is 7. The highest BCUT2D eigenvalue weighted by atomic mass is 79.9. The fourth-order valence-corrected chi connectivity index (χ4v) is 3.96. The molecular weight excluding hydrogens is 436 g/mol. The lowest BCUT2D eigenvalue weighted by atomic mass is 10.1. The molecule has 1 amide bonds. The van der Waals surface area contributed by atoms with Crippen LogP contribution in [-0.2, 0) is 0 Å². The average Bonchev–Trinajstić information content (AvgIpc) is 3.34. The van der Waals surface area contributed by atoms with Crippen LogP contribution in [0.25, 0.3) is 0 Å². The van der Waals surface area contributed by atoms with Gasteiger partial charge in [0.2, 0.25) is 5.95 Å². The van der Waals surface area contributed by atoms with E-state index in [0.717, 1.165) is 30.4 Å². The molecule has 1 aromatic heterocycles. The fraction of sp³-hybridized carbons (Fsp3) is 0.450. The number of carbonyl (C=O) groups is 1. The van der Waals surface area contributed by atoms with E-state index < -0.39 is 0 Å². The number of aromatic nitrogens is 2. The van der Waals surface area contributed by atoms with Crippen molar-refractivity contribution in [3.63, 3.8) is 0 Å². The number of likely N-dealkylation sites (tertiary alicyclic amines) is 2. The summed E-state index contributed by atoms with van der Waals surface area (Å²) in [6.45, 7) is 3.16. The number of halogens is 1. The van der Waals surface area contributed by atoms with Gasteiger partial charge in [-0.15, -0.1) is 0 Å². The van der Waals surface area contributed by atoms with E-state index in [1.807, 2.05) is 4.90 Å². The number of nitrogen functional groups attached to an aromatic ring is 1. The van der Waals surface area contributed by atoms with E-state index in [9.17, 15) is 4.79 Å². The molecule has 3 heterocycles. The van der Waals surface area contributed by atoms with Gasteiger partial charge < -0.3 is 25.6 Å². The Kier molecular flexibility index (Phi) is 5.86. The average molecular weight is 461 g/mol. The first-order valence-corrected chi connectivity index (χ1v) is 10.6. The van der Waals surface area contributed by atoms with Crippen molar-refractivity contribution in [2.24, 2.45) is 0 Å². The van der Waals surface area contributed by atoms with E-state index in [2.05, 4.69) is 43.2 Å². The number of nitrogens with one attached hydrogen (secondary N) is 1. The first-order chi connectivity index (χ1) is 14.0. The molecule has 2 fully saturated rings. The second-order valence-corrected chi connectivity index (χ2v) is 8.57. The van der Waals surface area contributed by atoms with Gasteiger partial charge in [0, 0.05) is 50.2 Å². The number of anilines is 2. The summed E-state index contributed by atoms with van der Waals surface area (Å²) in [6, 6.07) is 5.42. The number of nitrogens with zero attached hydrogens (tertiary/aromatic N) is 4. The Labute approximate surface area is 178 Å². The molecule has 2 aliphatic rings. The predicted molar refractivity (Wildman–Crippen MR) is 115 cm³/mol. The van der Waals surface area contributed by atoms with Crippen molar-refractivity contribution in [2.45, 2.75) is 25.0 Å². The number of benzene rings is 1. The van der Waals surface area contributed by atoms with E-state index in [1.54, 1.807) is 30.6 Å². The molecule has 29 heavy (non-hydrogen) atoms. The zero-order valence-corrected chi connectivity index (χ0v) is 17.9. The van der Waals surface area contributed by atoms with E-state index in [0.29, 0.717) is 36.0 Å². The van der Waals surface area contributed by atoms with Crippen LogP contribution >= 0.6 is 15.9 Å². The maximum atomic E-state index is 13.0. The number of carbonyl (C=O) groups excluding carboxylic acids is 1. The third kappa shape index (κ3) is 4.79. The van der Waals surface area contributed by atoms with E-state index >= 15 is 0 Å². The van der Waals surface area contributed by atoms with Crippen molar-refractivity contribution in [1.82, 2.24) is 19.8 Å². The second-order valence-electron chi connectivity index (χ2n) is 7.65. The Morgan fingerprint density at radius 1 is 1.24 bits per heavy atom. The third-order valence-electron chi connectivity index (χ3n) is 5.33. The lowest BCUT2D eigenvalue weighted by Crippen LogP contribution is -2.32. The van der Waals surface area contributed by atoms with Gasteiger partial charge in [0.25, 0.3) is 5.91 Å². The number of likely N-dealkylation sites (N-methyl/N-ethyl adjacent to an activating group) is 1.